The van der Waals surface area contributed by atoms with E-state index < -0.39 is 0 Å². The van der Waals surface area contributed by atoms with Crippen molar-refractivity contribution in [3.63, 3.8) is 0 Å². The number of fused-ring (bicyclic) bond motifs is 1. The van der Waals surface area contributed by atoms with Crippen LogP contribution in [0.5, 0.6) is 0 Å². The summed E-state index contributed by atoms with van der Waals surface area (Å²) in [5.74, 6) is 0.547. The maximum Gasteiger partial charge on any atom is 0.257 e. The monoisotopic (exact) mass is 437 g/mol. The Balaban J connectivity index is 1.47. The number of aromatic nitrogens is 6. The number of hydrogen-bond acceptors (Lipinski definition) is 5. The normalized spacial score (nSPS) is 11.1. The summed E-state index contributed by atoms with van der Waals surface area (Å²) >= 11 is 0. The van der Waals surface area contributed by atoms with Crippen LogP contribution in [0.4, 0.5) is 0 Å². The summed E-state index contributed by atoms with van der Waals surface area (Å²) in [5.41, 5.74) is 5.69. The van der Waals surface area contributed by atoms with Gasteiger partial charge in [-0.2, -0.15) is 5.10 Å². The van der Waals surface area contributed by atoms with E-state index in [2.05, 4.69) is 20.2 Å². The quantitative estimate of drug-likeness (QED) is 0.418. The van der Waals surface area contributed by atoms with E-state index in [1.807, 2.05) is 74.8 Å². The molecule has 8 nitrogen and oxygen atoms in total. The van der Waals surface area contributed by atoms with Crippen LogP contribution in [0.3, 0.4) is 0 Å². The van der Waals surface area contributed by atoms with E-state index in [1.165, 1.54) is 0 Å². The zero-order chi connectivity index (χ0) is 22.9. The largest absolute Gasteiger partial charge is 0.337 e. The van der Waals surface area contributed by atoms with Gasteiger partial charge in [0.25, 0.3) is 5.91 Å². The summed E-state index contributed by atoms with van der Waals surface area (Å²) in [5, 5.41) is 8.93. The molecule has 4 aromatic heterocycles. The highest BCUT2D eigenvalue weighted by Crippen LogP contribution is 2.26. The number of nitrogens with zero attached hydrogens (tertiary/aromatic N) is 7. The molecule has 0 fully saturated rings. The molecule has 0 saturated carbocycles. The summed E-state index contributed by atoms with van der Waals surface area (Å²) in [7, 11) is 3.62. The predicted molar refractivity (Wildman–Crippen MR) is 125 cm³/mol. The van der Waals surface area contributed by atoms with E-state index in [1.54, 1.807) is 33.5 Å². The number of carbonyl (C=O) groups excluding carboxylic acids is 1. The molecule has 0 N–H and O–H groups in total. The molecule has 0 aliphatic carbocycles. The van der Waals surface area contributed by atoms with Gasteiger partial charge >= 0.3 is 0 Å². The molecule has 0 bridgehead atoms. The van der Waals surface area contributed by atoms with Crippen LogP contribution in [0.1, 0.15) is 21.6 Å². The standard InChI is InChI=1S/C25H23N7O/c1-17-9-10-18(14-26-17)16-30(2)25(33)21-15-27-31(3)23(21)20-11-12-32-22(13-20)28-24(29-32)19-7-5-4-6-8-19/h4-15H,16H2,1-3H3. The first kappa shape index (κ1) is 20.6. The summed E-state index contributed by atoms with van der Waals surface area (Å²) in [6.45, 7) is 2.40. The molecule has 4 heterocycles. The van der Waals surface area contributed by atoms with Gasteiger partial charge in [0.2, 0.25) is 0 Å². The number of amides is 1. The fourth-order valence-corrected chi connectivity index (χ4v) is 3.82. The maximum absolute atomic E-state index is 13.3. The van der Waals surface area contributed by atoms with Crippen molar-refractivity contribution in [1.29, 1.82) is 0 Å². The predicted octanol–water partition coefficient (Wildman–Crippen LogP) is 3.77. The summed E-state index contributed by atoms with van der Waals surface area (Å²) < 4.78 is 3.45. The molecule has 33 heavy (non-hydrogen) atoms. The van der Waals surface area contributed by atoms with Crippen molar-refractivity contribution in [2.75, 3.05) is 7.05 Å². The van der Waals surface area contributed by atoms with Crippen LogP contribution < -0.4 is 0 Å². The highest BCUT2D eigenvalue weighted by molar-refractivity contribution is 6.00. The molecular weight excluding hydrogens is 414 g/mol. The number of pyridine rings is 2. The van der Waals surface area contributed by atoms with Crippen LogP contribution in [0.25, 0.3) is 28.3 Å². The van der Waals surface area contributed by atoms with Crippen LogP contribution in [-0.2, 0) is 13.6 Å². The summed E-state index contributed by atoms with van der Waals surface area (Å²) in [6, 6.07) is 17.6. The van der Waals surface area contributed by atoms with Gasteiger partial charge in [-0.25, -0.2) is 9.50 Å². The summed E-state index contributed by atoms with van der Waals surface area (Å²) in [4.78, 5) is 24.0. The Hall–Kier alpha value is -4.33. The highest BCUT2D eigenvalue weighted by atomic mass is 16.2. The third-order valence-electron chi connectivity index (χ3n) is 5.55. The number of hydrogen-bond donors (Lipinski definition) is 0. The fourth-order valence-electron chi connectivity index (χ4n) is 3.82. The van der Waals surface area contributed by atoms with Crippen molar-refractivity contribution in [3.05, 3.63) is 90.0 Å². The second-order valence-electron chi connectivity index (χ2n) is 8.02. The smallest absolute Gasteiger partial charge is 0.257 e. The molecule has 1 amide bonds. The molecule has 0 atom stereocenters. The minimum absolute atomic E-state index is 0.106. The zero-order valence-corrected chi connectivity index (χ0v) is 18.7. The molecular formula is C25H23N7O. The number of aryl methyl sites for hydroxylation is 2. The van der Waals surface area contributed by atoms with Gasteiger partial charge in [-0.05, 0) is 30.7 Å². The molecule has 0 spiro atoms. The molecule has 1 aromatic carbocycles. The Labute approximate surface area is 191 Å². The van der Waals surface area contributed by atoms with Crippen molar-refractivity contribution >= 4 is 11.6 Å². The Bertz CT molecular complexity index is 1440. The van der Waals surface area contributed by atoms with Crippen LogP contribution in [0, 0.1) is 6.92 Å². The second kappa shape index (κ2) is 8.31. The topological polar surface area (TPSA) is 81.2 Å². The maximum atomic E-state index is 13.3. The second-order valence-corrected chi connectivity index (χ2v) is 8.02. The minimum Gasteiger partial charge on any atom is -0.337 e. The zero-order valence-electron chi connectivity index (χ0n) is 18.7. The van der Waals surface area contributed by atoms with E-state index >= 15 is 0 Å². The average molecular weight is 438 g/mol. The van der Waals surface area contributed by atoms with Crippen LogP contribution in [0.15, 0.2) is 73.2 Å². The van der Waals surface area contributed by atoms with Crippen LogP contribution in [-0.4, -0.2) is 47.2 Å². The number of rotatable bonds is 5. The average Bonchev–Trinajstić information content (AvgIpc) is 3.43. The van der Waals surface area contributed by atoms with Gasteiger partial charge in [0, 0.05) is 49.9 Å². The van der Waals surface area contributed by atoms with Crippen molar-refractivity contribution < 1.29 is 4.79 Å². The van der Waals surface area contributed by atoms with Crippen molar-refractivity contribution in [3.8, 4) is 22.6 Å². The molecule has 0 saturated heterocycles. The van der Waals surface area contributed by atoms with Gasteiger partial charge in [0.15, 0.2) is 11.5 Å². The first-order valence-electron chi connectivity index (χ1n) is 10.6. The van der Waals surface area contributed by atoms with Gasteiger partial charge in [-0.3, -0.25) is 14.5 Å². The van der Waals surface area contributed by atoms with Crippen molar-refractivity contribution in [2.45, 2.75) is 13.5 Å². The molecule has 164 valence electrons. The van der Waals surface area contributed by atoms with E-state index in [0.29, 0.717) is 23.6 Å². The molecule has 8 heteroatoms. The third kappa shape index (κ3) is 3.98. The lowest BCUT2D eigenvalue weighted by molar-refractivity contribution is 0.0785. The van der Waals surface area contributed by atoms with Gasteiger partial charge in [0.1, 0.15) is 0 Å². The SMILES string of the molecule is Cc1ccc(CN(C)C(=O)c2cnn(C)c2-c2ccn3nc(-c4ccccc4)nc3c2)cn1. The van der Waals surface area contributed by atoms with Crippen LogP contribution >= 0.6 is 0 Å². The van der Waals surface area contributed by atoms with Gasteiger partial charge in [-0.15, -0.1) is 5.10 Å². The Morgan fingerprint density at radius 3 is 2.61 bits per heavy atom. The Morgan fingerprint density at radius 1 is 1.03 bits per heavy atom. The fraction of sp³-hybridized carbons (Fsp3) is 0.160. The van der Waals surface area contributed by atoms with E-state index in [9.17, 15) is 4.79 Å². The molecule has 5 aromatic rings. The lowest BCUT2D eigenvalue weighted by Gasteiger charge is -2.17. The first-order valence-corrected chi connectivity index (χ1v) is 10.6. The van der Waals surface area contributed by atoms with Crippen LogP contribution in [0.2, 0.25) is 0 Å². The highest BCUT2D eigenvalue weighted by Gasteiger charge is 2.22. The molecule has 5 rings (SSSR count). The Kier molecular flexibility index (Phi) is 5.18. The first-order chi connectivity index (χ1) is 16.0. The molecule has 0 unspecified atom stereocenters. The number of carbonyl (C=O) groups is 1. The van der Waals surface area contributed by atoms with E-state index in [4.69, 9.17) is 0 Å². The van der Waals surface area contributed by atoms with Gasteiger partial charge in [0.05, 0.1) is 17.5 Å². The van der Waals surface area contributed by atoms with Crippen molar-refractivity contribution in [1.82, 2.24) is 34.3 Å². The minimum atomic E-state index is -0.106. The third-order valence-corrected chi connectivity index (χ3v) is 5.55. The lowest BCUT2D eigenvalue weighted by atomic mass is 10.1. The van der Waals surface area contributed by atoms with E-state index in [0.717, 1.165) is 28.1 Å². The van der Waals surface area contributed by atoms with E-state index in [-0.39, 0.29) is 5.91 Å². The lowest BCUT2D eigenvalue weighted by Crippen LogP contribution is -2.26. The van der Waals surface area contributed by atoms with Crippen molar-refractivity contribution in [2.24, 2.45) is 7.05 Å². The van der Waals surface area contributed by atoms with Gasteiger partial charge < -0.3 is 4.90 Å². The molecule has 0 aliphatic rings. The summed E-state index contributed by atoms with van der Waals surface area (Å²) in [6.07, 6.45) is 5.27. The van der Waals surface area contributed by atoms with Gasteiger partial charge in [-0.1, -0.05) is 36.4 Å². The molecule has 0 aliphatic heterocycles. The Morgan fingerprint density at radius 2 is 1.85 bits per heavy atom. The number of benzene rings is 1. The molecule has 0 radical (unpaired) electrons.